The molecule has 202 valence electrons. The summed E-state index contributed by atoms with van der Waals surface area (Å²) in [6.07, 6.45) is -1.60. The van der Waals surface area contributed by atoms with E-state index in [4.69, 9.17) is 5.73 Å². The molecule has 0 aliphatic heterocycles. The predicted molar refractivity (Wildman–Crippen MR) is 141 cm³/mol. The second-order valence-corrected chi connectivity index (χ2v) is 10.3. The molecular weight excluding hydrogens is 518 g/mol. The molecule has 7 N–H and O–H groups in total. The lowest BCUT2D eigenvalue weighted by Gasteiger charge is -2.48. The van der Waals surface area contributed by atoms with Gasteiger partial charge in [-0.05, 0) is 39.9 Å². The average molecular weight is 542 g/mol. The van der Waals surface area contributed by atoms with E-state index in [1.54, 1.807) is 36.4 Å². The van der Waals surface area contributed by atoms with Crippen LogP contribution in [0, 0.1) is 11.8 Å². The van der Waals surface area contributed by atoms with Crippen molar-refractivity contribution in [2.24, 2.45) is 17.6 Å². The number of rotatable bonds is 3. The van der Waals surface area contributed by atoms with Crippen molar-refractivity contribution < 1.29 is 44.7 Å². The molecule has 3 aromatic carbocycles. The fourth-order valence-corrected chi connectivity index (χ4v) is 6.56. The maximum absolute atomic E-state index is 13.7. The highest BCUT2D eigenvalue weighted by atomic mass is 16.4. The first-order valence-electron chi connectivity index (χ1n) is 12.5. The molecule has 0 bridgehead atoms. The molecule has 10 heteroatoms. The number of carbonyl (C=O) groups is 4. The predicted octanol–water partition coefficient (Wildman–Crippen LogP) is 2.03. The van der Waals surface area contributed by atoms with Crippen molar-refractivity contribution in [3.63, 3.8) is 0 Å². The monoisotopic (exact) mass is 541 g/mol. The number of ketones is 2. The van der Waals surface area contributed by atoms with E-state index < -0.39 is 70.1 Å². The fraction of sp³-hybridized carbons (Fsp3) is 0.200. The highest BCUT2D eigenvalue weighted by molar-refractivity contribution is 6.23. The molecule has 3 aromatic rings. The Morgan fingerprint density at radius 2 is 1.62 bits per heavy atom. The van der Waals surface area contributed by atoms with E-state index in [1.807, 2.05) is 6.07 Å². The molecule has 10 nitrogen and oxygen atoms in total. The SMILES string of the molecule is NC(=O)C1=C(O)[C@@]2(O)C(=O)C3=C(O)c4c(O)ccc(-c5ccc(C=O)c6ccccc56)c4C[C@H]3[C@H](O)[C@H]2CC1=O. The minimum absolute atomic E-state index is 0.0803. The van der Waals surface area contributed by atoms with Gasteiger partial charge in [0.2, 0.25) is 5.78 Å². The number of aliphatic hydroxyl groups is 4. The topological polar surface area (TPSA) is 195 Å². The molecule has 4 atom stereocenters. The Morgan fingerprint density at radius 1 is 0.950 bits per heavy atom. The summed E-state index contributed by atoms with van der Waals surface area (Å²) in [5, 5.41) is 57.1. The van der Waals surface area contributed by atoms with Crippen molar-refractivity contribution in [3.8, 4) is 16.9 Å². The number of hydrogen-bond donors (Lipinski definition) is 6. The van der Waals surface area contributed by atoms with Gasteiger partial charge in [0.25, 0.3) is 5.91 Å². The Kier molecular flexibility index (Phi) is 5.48. The normalized spacial score (nSPS) is 25.9. The number of phenols is 1. The number of Topliss-reactive ketones (excluding diaryl/α,β-unsaturated/α-hetero) is 2. The third-order valence-electron chi connectivity index (χ3n) is 8.43. The molecule has 40 heavy (non-hydrogen) atoms. The van der Waals surface area contributed by atoms with Gasteiger partial charge in [0, 0.05) is 29.4 Å². The van der Waals surface area contributed by atoms with Crippen LogP contribution in [0.25, 0.3) is 27.7 Å². The smallest absolute Gasteiger partial charge is 0.255 e. The highest BCUT2D eigenvalue weighted by Gasteiger charge is 2.64. The van der Waals surface area contributed by atoms with Gasteiger partial charge in [0.1, 0.15) is 22.8 Å². The zero-order chi connectivity index (χ0) is 28.7. The van der Waals surface area contributed by atoms with Crippen LogP contribution in [0.3, 0.4) is 0 Å². The molecule has 3 aliphatic rings. The number of primary amides is 1. The standard InChI is InChI=1S/C30H23NO9/c31-29(39)24-21(34)10-19-25(35)18-9-17-16(15-6-5-12(11-32)13-3-1-2-4-14(13)15)7-8-20(33)22(17)26(36)23(18)27(37)30(19,40)28(24)38/h1-8,11,18-19,25,33,35-36,38,40H,9-10H2,(H2,31,39)/t18-,19-,25+,30+/m1/s1. The summed E-state index contributed by atoms with van der Waals surface area (Å²) in [5.74, 6) is -8.47. The first-order valence-corrected chi connectivity index (χ1v) is 12.5. The maximum atomic E-state index is 13.7. The van der Waals surface area contributed by atoms with Crippen molar-refractivity contribution in [2.75, 3.05) is 0 Å². The number of aromatic hydroxyl groups is 1. The summed E-state index contributed by atoms with van der Waals surface area (Å²) >= 11 is 0. The van der Waals surface area contributed by atoms with Crippen molar-refractivity contribution in [3.05, 3.63) is 82.1 Å². The van der Waals surface area contributed by atoms with Crippen LogP contribution in [0.5, 0.6) is 5.75 Å². The Bertz CT molecular complexity index is 1770. The molecule has 0 aromatic heterocycles. The molecule has 0 radical (unpaired) electrons. The molecule has 0 heterocycles. The van der Waals surface area contributed by atoms with E-state index in [9.17, 15) is 44.7 Å². The number of amides is 1. The molecule has 3 aliphatic carbocycles. The van der Waals surface area contributed by atoms with E-state index in [2.05, 4.69) is 0 Å². The van der Waals surface area contributed by atoms with Crippen molar-refractivity contribution in [1.82, 2.24) is 0 Å². The number of aldehydes is 1. The van der Waals surface area contributed by atoms with E-state index in [0.29, 0.717) is 27.6 Å². The second kappa shape index (κ2) is 8.60. The molecular formula is C30H23NO9. The van der Waals surface area contributed by atoms with Gasteiger partial charge in [0.15, 0.2) is 17.7 Å². The lowest BCUT2D eigenvalue weighted by Crippen LogP contribution is -2.63. The molecule has 0 saturated heterocycles. The highest BCUT2D eigenvalue weighted by Crippen LogP contribution is 2.53. The maximum Gasteiger partial charge on any atom is 0.255 e. The van der Waals surface area contributed by atoms with E-state index >= 15 is 0 Å². The van der Waals surface area contributed by atoms with E-state index in [1.165, 1.54) is 6.07 Å². The van der Waals surface area contributed by atoms with Crippen LogP contribution in [0.4, 0.5) is 0 Å². The van der Waals surface area contributed by atoms with E-state index in [-0.39, 0.29) is 17.7 Å². The van der Waals surface area contributed by atoms with Crippen molar-refractivity contribution in [1.29, 1.82) is 0 Å². The molecule has 1 amide bonds. The van der Waals surface area contributed by atoms with Crippen LogP contribution in [0.1, 0.15) is 27.9 Å². The summed E-state index contributed by atoms with van der Waals surface area (Å²) in [4.78, 5) is 49.8. The first kappa shape index (κ1) is 25.5. The largest absolute Gasteiger partial charge is 0.508 e. The Labute approximate surface area is 226 Å². The quantitative estimate of drug-likeness (QED) is 0.212. The molecule has 0 spiro atoms. The van der Waals surface area contributed by atoms with Gasteiger partial charge >= 0.3 is 0 Å². The van der Waals surface area contributed by atoms with Crippen LogP contribution in [-0.4, -0.2) is 61.0 Å². The van der Waals surface area contributed by atoms with Gasteiger partial charge in [-0.2, -0.15) is 0 Å². The van der Waals surface area contributed by atoms with Crippen molar-refractivity contribution >= 4 is 40.3 Å². The van der Waals surface area contributed by atoms with Crippen LogP contribution >= 0.6 is 0 Å². The summed E-state index contributed by atoms with van der Waals surface area (Å²) in [7, 11) is 0. The van der Waals surface area contributed by atoms with E-state index in [0.717, 1.165) is 11.7 Å². The summed E-state index contributed by atoms with van der Waals surface area (Å²) in [6.45, 7) is 0. The third-order valence-corrected chi connectivity index (χ3v) is 8.43. The Morgan fingerprint density at radius 3 is 2.30 bits per heavy atom. The fourth-order valence-electron chi connectivity index (χ4n) is 6.56. The van der Waals surface area contributed by atoms with Gasteiger partial charge in [-0.1, -0.05) is 42.5 Å². The summed E-state index contributed by atoms with van der Waals surface area (Å²) < 4.78 is 0. The van der Waals surface area contributed by atoms with Gasteiger partial charge in [-0.15, -0.1) is 0 Å². The number of carbonyl (C=O) groups excluding carboxylic acids is 4. The molecule has 1 fully saturated rings. The number of benzene rings is 3. The van der Waals surface area contributed by atoms with Crippen LogP contribution in [-0.2, 0) is 20.8 Å². The lowest BCUT2D eigenvalue weighted by atomic mass is 9.57. The zero-order valence-electron chi connectivity index (χ0n) is 20.8. The van der Waals surface area contributed by atoms with Crippen molar-refractivity contribution in [2.45, 2.75) is 24.5 Å². The minimum Gasteiger partial charge on any atom is -0.508 e. The number of fused-ring (bicyclic) bond motifs is 4. The number of hydrogen-bond acceptors (Lipinski definition) is 9. The molecule has 1 saturated carbocycles. The third kappa shape index (κ3) is 3.17. The second-order valence-electron chi connectivity index (χ2n) is 10.3. The Hall–Kier alpha value is -4.80. The summed E-state index contributed by atoms with van der Waals surface area (Å²) in [5.41, 5.74) is 2.93. The van der Waals surface area contributed by atoms with Gasteiger partial charge in [-0.3, -0.25) is 19.2 Å². The number of phenolic OH excluding ortho intramolecular Hbond substituents is 1. The van der Waals surface area contributed by atoms with Crippen LogP contribution in [0.2, 0.25) is 0 Å². The number of nitrogens with two attached hydrogens (primary N) is 1. The lowest BCUT2D eigenvalue weighted by molar-refractivity contribution is -0.159. The minimum atomic E-state index is -2.89. The Balaban J connectivity index is 1.60. The molecule has 6 rings (SSSR count). The van der Waals surface area contributed by atoms with Crippen LogP contribution in [0.15, 0.2) is 65.4 Å². The molecule has 0 unspecified atom stereocenters. The van der Waals surface area contributed by atoms with Gasteiger partial charge < -0.3 is 31.3 Å². The first-order chi connectivity index (χ1) is 19.0. The van der Waals surface area contributed by atoms with Crippen LogP contribution < -0.4 is 5.73 Å². The number of aliphatic hydroxyl groups excluding tert-OH is 3. The average Bonchev–Trinajstić information content (AvgIpc) is 2.93. The summed E-state index contributed by atoms with van der Waals surface area (Å²) in [6, 6.07) is 13.5. The van der Waals surface area contributed by atoms with Gasteiger partial charge in [0.05, 0.1) is 11.7 Å². The zero-order valence-corrected chi connectivity index (χ0v) is 20.8. The van der Waals surface area contributed by atoms with Gasteiger partial charge in [-0.25, -0.2) is 0 Å².